The van der Waals surface area contributed by atoms with Crippen molar-refractivity contribution in [1.29, 1.82) is 0 Å². The average molecular weight is 325 g/mol. The van der Waals surface area contributed by atoms with E-state index in [-0.39, 0.29) is 13.2 Å². The quantitative estimate of drug-likeness (QED) is 0.612. The molecule has 1 atom stereocenters. The van der Waals surface area contributed by atoms with Gasteiger partial charge in [-0.2, -0.15) is 5.48 Å². The maximum Gasteiger partial charge on any atom is 0.431 e. The lowest BCUT2D eigenvalue weighted by Crippen LogP contribution is -2.36. The summed E-state index contributed by atoms with van der Waals surface area (Å²) in [5.41, 5.74) is 1.51. The number of amides is 1. The molecule has 0 unspecified atom stereocenters. The van der Waals surface area contributed by atoms with E-state index < -0.39 is 23.8 Å². The highest BCUT2D eigenvalue weighted by atomic mass is 16.7. The summed E-state index contributed by atoms with van der Waals surface area (Å²) < 4.78 is 15.6. The Morgan fingerprint density at radius 2 is 1.78 bits per heavy atom. The van der Waals surface area contributed by atoms with Crippen LogP contribution >= 0.6 is 0 Å². The summed E-state index contributed by atoms with van der Waals surface area (Å²) in [4.78, 5) is 27.6. The van der Waals surface area contributed by atoms with Crippen LogP contribution < -0.4 is 10.2 Å². The van der Waals surface area contributed by atoms with Crippen LogP contribution in [0.1, 0.15) is 27.7 Å². The van der Waals surface area contributed by atoms with Gasteiger partial charge in [-0.15, -0.1) is 0 Å². The summed E-state index contributed by atoms with van der Waals surface area (Å²) in [6.07, 6.45) is -1.38. The first kappa shape index (κ1) is 18.8. The van der Waals surface area contributed by atoms with Gasteiger partial charge in [-0.1, -0.05) is 18.2 Å². The second-order valence-electron chi connectivity index (χ2n) is 5.77. The molecule has 7 heteroatoms. The van der Waals surface area contributed by atoms with Gasteiger partial charge >= 0.3 is 12.1 Å². The van der Waals surface area contributed by atoms with Crippen molar-refractivity contribution in [1.82, 2.24) is 5.48 Å². The van der Waals surface area contributed by atoms with E-state index in [1.165, 1.54) is 6.92 Å². The predicted octanol–water partition coefficient (Wildman–Crippen LogP) is 2.45. The summed E-state index contributed by atoms with van der Waals surface area (Å²) in [5, 5.41) is 0. The summed E-state index contributed by atoms with van der Waals surface area (Å²) in [6, 6.07) is 9.09. The molecule has 0 spiro atoms. The van der Waals surface area contributed by atoms with Crippen LogP contribution in [-0.2, 0) is 19.1 Å². The molecule has 0 aliphatic carbocycles. The Labute approximate surface area is 135 Å². The van der Waals surface area contributed by atoms with E-state index >= 15 is 0 Å². The Bertz CT molecular complexity index is 497. The van der Waals surface area contributed by atoms with Gasteiger partial charge in [-0.3, -0.25) is 9.63 Å². The molecular formula is C16H23NO6. The number of nitrogens with one attached hydrogen (secondary N) is 1. The first-order chi connectivity index (χ1) is 10.8. The third kappa shape index (κ3) is 9.36. The lowest BCUT2D eigenvalue weighted by molar-refractivity contribution is -0.153. The first-order valence-electron chi connectivity index (χ1n) is 7.22. The summed E-state index contributed by atoms with van der Waals surface area (Å²) in [5.74, 6) is 0.178. The molecule has 0 saturated carbocycles. The Morgan fingerprint density at radius 3 is 2.35 bits per heavy atom. The third-order valence-electron chi connectivity index (χ3n) is 2.34. The van der Waals surface area contributed by atoms with E-state index in [0.717, 1.165) is 0 Å². The van der Waals surface area contributed by atoms with Crippen LogP contribution in [0.5, 0.6) is 5.75 Å². The lowest BCUT2D eigenvalue weighted by atomic mass is 10.2. The van der Waals surface area contributed by atoms with E-state index in [0.29, 0.717) is 5.75 Å². The number of hydroxylamine groups is 1. The van der Waals surface area contributed by atoms with Crippen LogP contribution in [0.25, 0.3) is 0 Å². The maximum absolute atomic E-state index is 11.4. The SMILES string of the molecule is CC(=O)O[C@@H](CONC(=O)OC(C)(C)C)COc1ccccc1. The molecule has 0 aliphatic heterocycles. The average Bonchev–Trinajstić information content (AvgIpc) is 2.43. The number of carbonyl (C=O) groups excluding carboxylic acids is 2. The normalized spacial score (nSPS) is 12.2. The van der Waals surface area contributed by atoms with E-state index in [9.17, 15) is 9.59 Å². The minimum absolute atomic E-state index is 0.0638. The summed E-state index contributed by atoms with van der Waals surface area (Å²) in [7, 11) is 0. The molecule has 7 nitrogen and oxygen atoms in total. The second kappa shape index (κ2) is 8.99. The van der Waals surface area contributed by atoms with Crippen LogP contribution in [0.3, 0.4) is 0 Å². The fraction of sp³-hybridized carbons (Fsp3) is 0.500. The maximum atomic E-state index is 11.4. The number of rotatable bonds is 7. The van der Waals surface area contributed by atoms with Crippen molar-refractivity contribution in [3.8, 4) is 5.75 Å². The Morgan fingerprint density at radius 1 is 1.13 bits per heavy atom. The van der Waals surface area contributed by atoms with Crippen LogP contribution in [0.2, 0.25) is 0 Å². The Balaban J connectivity index is 2.39. The van der Waals surface area contributed by atoms with Gasteiger partial charge in [0.15, 0.2) is 6.10 Å². The van der Waals surface area contributed by atoms with Crippen molar-refractivity contribution in [2.24, 2.45) is 0 Å². The first-order valence-corrected chi connectivity index (χ1v) is 7.22. The van der Waals surface area contributed by atoms with Gasteiger partial charge in [-0.05, 0) is 32.9 Å². The highest BCUT2D eigenvalue weighted by Gasteiger charge is 2.18. The summed E-state index contributed by atoms with van der Waals surface area (Å²) in [6.45, 7) is 6.54. The highest BCUT2D eigenvalue weighted by Crippen LogP contribution is 2.10. The molecule has 0 saturated heterocycles. The van der Waals surface area contributed by atoms with E-state index in [4.69, 9.17) is 19.0 Å². The number of para-hydroxylation sites is 1. The number of ether oxygens (including phenoxy) is 3. The number of benzene rings is 1. The predicted molar refractivity (Wildman–Crippen MR) is 82.8 cm³/mol. The molecule has 0 fully saturated rings. The van der Waals surface area contributed by atoms with Gasteiger partial charge in [0.05, 0.1) is 0 Å². The van der Waals surface area contributed by atoms with E-state index in [1.54, 1.807) is 32.9 Å². The number of hydrogen-bond acceptors (Lipinski definition) is 6. The summed E-state index contributed by atoms with van der Waals surface area (Å²) >= 11 is 0. The van der Waals surface area contributed by atoms with Crippen molar-refractivity contribution in [3.63, 3.8) is 0 Å². The van der Waals surface area contributed by atoms with Crippen LogP contribution in [-0.4, -0.2) is 37.0 Å². The van der Waals surface area contributed by atoms with E-state index in [1.807, 2.05) is 18.2 Å². The Kier molecular flexibility index (Phi) is 7.34. The molecule has 0 aromatic heterocycles. The zero-order chi connectivity index (χ0) is 17.3. The van der Waals surface area contributed by atoms with Gasteiger partial charge in [0.1, 0.15) is 24.6 Å². The third-order valence-corrected chi connectivity index (χ3v) is 2.34. The number of esters is 1. The molecule has 1 aromatic rings. The molecule has 0 bridgehead atoms. The van der Waals surface area contributed by atoms with Gasteiger partial charge in [0.2, 0.25) is 0 Å². The van der Waals surface area contributed by atoms with E-state index in [2.05, 4.69) is 5.48 Å². The zero-order valence-corrected chi connectivity index (χ0v) is 13.8. The van der Waals surface area contributed by atoms with Gasteiger partial charge < -0.3 is 14.2 Å². The lowest BCUT2D eigenvalue weighted by Gasteiger charge is -2.21. The molecule has 0 heterocycles. The number of carbonyl (C=O) groups is 2. The minimum Gasteiger partial charge on any atom is -0.490 e. The Hall–Kier alpha value is -2.28. The van der Waals surface area contributed by atoms with Gasteiger partial charge in [0.25, 0.3) is 0 Å². The molecule has 128 valence electrons. The monoisotopic (exact) mass is 325 g/mol. The fourth-order valence-electron chi connectivity index (χ4n) is 1.55. The highest BCUT2D eigenvalue weighted by molar-refractivity contribution is 5.66. The standard InChI is InChI=1S/C16H23NO6/c1-12(18)22-14(10-20-13-8-6-5-7-9-13)11-21-17-15(19)23-16(2,3)4/h5-9,14H,10-11H2,1-4H3,(H,17,19)/t14-/m1/s1. The second-order valence-corrected chi connectivity index (χ2v) is 5.77. The molecule has 1 rings (SSSR count). The molecule has 0 aliphatic rings. The van der Waals surface area contributed by atoms with Crippen LogP contribution in [0, 0.1) is 0 Å². The molecule has 23 heavy (non-hydrogen) atoms. The van der Waals surface area contributed by atoms with Crippen LogP contribution in [0.4, 0.5) is 4.79 Å². The fourth-order valence-corrected chi connectivity index (χ4v) is 1.55. The van der Waals surface area contributed by atoms with Crippen molar-refractivity contribution in [3.05, 3.63) is 30.3 Å². The molecule has 1 amide bonds. The largest absolute Gasteiger partial charge is 0.490 e. The van der Waals surface area contributed by atoms with Crippen molar-refractivity contribution in [2.45, 2.75) is 39.4 Å². The van der Waals surface area contributed by atoms with Crippen molar-refractivity contribution >= 4 is 12.1 Å². The molecular weight excluding hydrogens is 302 g/mol. The minimum atomic E-state index is -0.719. The zero-order valence-electron chi connectivity index (χ0n) is 13.8. The smallest absolute Gasteiger partial charge is 0.431 e. The topological polar surface area (TPSA) is 83.1 Å². The van der Waals surface area contributed by atoms with Crippen LogP contribution in [0.15, 0.2) is 30.3 Å². The van der Waals surface area contributed by atoms with Crippen molar-refractivity contribution < 1.29 is 28.6 Å². The molecule has 0 radical (unpaired) electrons. The molecule has 1 aromatic carbocycles. The number of hydrogen-bond donors (Lipinski definition) is 1. The molecule has 1 N–H and O–H groups in total. The van der Waals surface area contributed by atoms with Crippen molar-refractivity contribution in [2.75, 3.05) is 13.2 Å². The van der Waals surface area contributed by atoms with Gasteiger partial charge in [0, 0.05) is 6.92 Å². The van der Waals surface area contributed by atoms with Gasteiger partial charge in [-0.25, -0.2) is 4.79 Å².